The minimum atomic E-state index is -0.432. The van der Waals surface area contributed by atoms with E-state index in [1.165, 1.54) is 48.8 Å². The largest absolute Gasteiger partial charge is 0.478 e. The van der Waals surface area contributed by atoms with E-state index in [-0.39, 0.29) is 70.2 Å². The van der Waals surface area contributed by atoms with Crippen LogP contribution in [0.3, 0.4) is 0 Å². The summed E-state index contributed by atoms with van der Waals surface area (Å²) in [7, 11) is 0. The van der Waals surface area contributed by atoms with Gasteiger partial charge in [0.05, 0.1) is 55.9 Å². The second-order valence-corrected chi connectivity index (χ2v) is 17.0. The predicted molar refractivity (Wildman–Crippen MR) is 274 cm³/mol. The monoisotopic (exact) mass is 983 g/mol. The lowest BCUT2D eigenvalue weighted by Gasteiger charge is -2.16. The van der Waals surface area contributed by atoms with Crippen molar-refractivity contribution in [1.82, 2.24) is 58.4 Å². The topological polar surface area (TPSA) is 257 Å². The molecule has 0 aliphatic carbocycles. The summed E-state index contributed by atoms with van der Waals surface area (Å²) in [6, 6.07) is 10.1. The van der Waals surface area contributed by atoms with Crippen LogP contribution in [0.15, 0.2) is 79.2 Å². The highest BCUT2D eigenvalue weighted by atomic mass is 16.5. The molecule has 9 aromatic rings. The van der Waals surface area contributed by atoms with Crippen molar-refractivity contribution in [3.05, 3.63) is 182 Å². The van der Waals surface area contributed by atoms with Gasteiger partial charge >= 0.3 is 0 Å². The first-order valence-electron chi connectivity index (χ1n) is 22.2. The van der Waals surface area contributed by atoms with Crippen LogP contribution < -0.4 is 27.0 Å². The molecule has 0 bridgehead atoms. The van der Waals surface area contributed by atoms with Crippen LogP contribution >= 0.6 is 0 Å². The Kier molecular flexibility index (Phi) is 15.3. The maximum Gasteiger partial charge on any atom is 0.281 e. The number of benzene rings is 1. The molecule has 1 aliphatic heterocycles. The number of para-hydroxylation sites is 1. The molecule has 0 spiro atoms. The van der Waals surface area contributed by atoms with Gasteiger partial charge < -0.3 is 25.1 Å². The van der Waals surface area contributed by atoms with Gasteiger partial charge in [-0.25, -0.2) is 62.4 Å². The number of aromatic nitrogens is 12. The number of aryl methyl sites for hydroxylation is 3. The molecule has 0 unspecified atom stereocenters. The molecular weight excluding hydrogens is 935 g/mol. The molecule has 23 heteroatoms. The van der Waals surface area contributed by atoms with Crippen molar-refractivity contribution >= 4 is 62.5 Å². The molecular formula is C50H49N17O6. The van der Waals surface area contributed by atoms with Crippen molar-refractivity contribution in [2.45, 2.75) is 87.5 Å². The highest BCUT2D eigenvalue weighted by molar-refractivity contribution is 6.48. The molecule has 73 heavy (non-hydrogen) atoms. The number of nitrogens with one attached hydrogen (secondary N) is 4. The summed E-state index contributed by atoms with van der Waals surface area (Å²) in [5.74, 6) is 0.0319. The normalized spacial score (nSPS) is 11.6. The van der Waals surface area contributed by atoms with E-state index < -0.39 is 5.56 Å². The van der Waals surface area contributed by atoms with Crippen molar-refractivity contribution in [2.75, 3.05) is 6.61 Å². The van der Waals surface area contributed by atoms with Gasteiger partial charge in [0, 0.05) is 53.7 Å². The lowest BCUT2D eigenvalue weighted by atomic mass is 9.91. The zero-order valence-electron chi connectivity index (χ0n) is 40.3. The minimum absolute atomic E-state index is 0. The zero-order chi connectivity index (χ0) is 52.2. The van der Waals surface area contributed by atoms with E-state index >= 15 is 0 Å². The van der Waals surface area contributed by atoms with Gasteiger partial charge in [0.2, 0.25) is 22.9 Å². The van der Waals surface area contributed by atoms with E-state index in [0.29, 0.717) is 69.8 Å². The Bertz CT molecular complexity index is 4080. The van der Waals surface area contributed by atoms with Crippen LogP contribution in [-0.2, 0) is 23.1 Å². The third-order valence-corrected chi connectivity index (χ3v) is 11.0. The molecule has 0 saturated carbocycles. The highest BCUT2D eigenvalue weighted by Gasteiger charge is 2.28. The van der Waals surface area contributed by atoms with Gasteiger partial charge in [-0.2, -0.15) is 0 Å². The predicted octanol–water partition coefficient (Wildman–Crippen LogP) is 7.75. The number of carbonyl (C=O) groups is 1. The summed E-state index contributed by atoms with van der Waals surface area (Å²) >= 11 is 0. The molecule has 8 aromatic heterocycles. The molecule has 0 saturated heterocycles. The quantitative estimate of drug-likeness (QED) is 0.122. The number of hydrogen-bond donors (Lipinski definition) is 4. The Balaban J connectivity index is 0.000000162. The summed E-state index contributed by atoms with van der Waals surface area (Å²) in [5.41, 5.74) is 6.41. The van der Waals surface area contributed by atoms with Crippen molar-refractivity contribution in [1.29, 1.82) is 0 Å². The molecule has 1 aromatic carbocycles. The Morgan fingerprint density at radius 3 is 1.82 bits per heavy atom. The third-order valence-electron chi connectivity index (χ3n) is 11.0. The fourth-order valence-electron chi connectivity index (χ4n) is 7.65. The van der Waals surface area contributed by atoms with Gasteiger partial charge in [-0.15, -0.1) is 0 Å². The minimum Gasteiger partial charge on any atom is -0.478 e. The van der Waals surface area contributed by atoms with Crippen LogP contribution in [0.4, 0.5) is 28.4 Å². The summed E-state index contributed by atoms with van der Waals surface area (Å²) < 4.78 is 10.3. The first kappa shape index (κ1) is 52.4. The van der Waals surface area contributed by atoms with Crippen LogP contribution in [0.25, 0.3) is 42.0 Å². The number of fused-ring (bicyclic) bond motifs is 5. The van der Waals surface area contributed by atoms with E-state index in [0.717, 1.165) is 23.2 Å². The number of carbonyl (C=O) groups excluding carboxylic acids is 1. The smallest absolute Gasteiger partial charge is 0.281 e. The summed E-state index contributed by atoms with van der Waals surface area (Å²) in [4.78, 5) is 95.4. The number of ketones is 1. The van der Waals surface area contributed by atoms with Gasteiger partial charge in [-0.1, -0.05) is 59.7 Å². The number of ether oxygens (including phenoxy) is 1. The third kappa shape index (κ3) is 10.2. The number of nitrogens with zero attached hydrogens (tertiary/aromatic N) is 13. The average Bonchev–Trinajstić information content (AvgIpc) is 4.15. The molecule has 0 atom stereocenters. The lowest BCUT2D eigenvalue weighted by Crippen LogP contribution is -2.31. The van der Waals surface area contributed by atoms with Crippen molar-refractivity contribution in [3.63, 3.8) is 0 Å². The number of hydrogen-bond acceptors (Lipinski definition) is 11. The van der Waals surface area contributed by atoms with Crippen LogP contribution in [0.2, 0.25) is 0 Å². The fourth-order valence-corrected chi connectivity index (χ4v) is 7.65. The van der Waals surface area contributed by atoms with Gasteiger partial charge in [0.25, 0.3) is 27.9 Å². The van der Waals surface area contributed by atoms with E-state index in [4.69, 9.17) is 31.0 Å². The Labute approximate surface area is 415 Å². The Morgan fingerprint density at radius 2 is 1.25 bits per heavy atom. The molecule has 10 rings (SSSR count). The molecule has 1 aliphatic rings. The second-order valence-electron chi connectivity index (χ2n) is 17.0. The van der Waals surface area contributed by atoms with Crippen LogP contribution in [-0.4, -0.2) is 76.5 Å². The molecule has 4 N–H and O–H groups in total. The Morgan fingerprint density at radius 1 is 0.685 bits per heavy atom. The first-order chi connectivity index (χ1) is 34.4. The van der Waals surface area contributed by atoms with Crippen molar-refractivity contribution in [3.8, 4) is 5.88 Å². The number of aliphatic imine (C=N–C) groups is 1. The molecule has 9 heterocycles. The van der Waals surface area contributed by atoms with Crippen LogP contribution in [0.1, 0.15) is 87.9 Å². The Hall–Kier alpha value is -10.0. The second kappa shape index (κ2) is 21.3. The maximum absolute atomic E-state index is 12.8. The summed E-state index contributed by atoms with van der Waals surface area (Å²) in [6.45, 7) is 43.6. The lowest BCUT2D eigenvalue weighted by molar-refractivity contribution is -0.112. The standard InChI is InChI=1S/C17H11N5O2.C13H16N4O2.C11H12N4O.C8H6N4O.CH4/c1-9-14(17(24)22-16(20-9)12(18-2)8-19-22)15-13(23)7-10-5-3-4-6-11(10)21-15;1-6-19-8-7-9(18)17-12(15-8)10(14-5)11(16-17)13(2,3)4;1-4-5-8-7(2)14-10-9(12-3)6-13-15(10)11(8)16;1-5-3-7(13)12-8(11-5)6(9-2)4-10-12;/h3-6,8,19H,7H2,1H3;7,16H,6H2,1-4H3;6,13H,4-5H2,1-2H3;3-4,10H,1H3;1H4. The zero-order valence-corrected chi connectivity index (χ0v) is 40.3. The van der Waals surface area contributed by atoms with E-state index in [9.17, 15) is 24.0 Å². The molecule has 370 valence electrons. The highest BCUT2D eigenvalue weighted by Crippen LogP contribution is 2.33. The summed E-state index contributed by atoms with van der Waals surface area (Å²) in [6.07, 6.45) is 6.21. The van der Waals surface area contributed by atoms with Gasteiger partial charge in [-0.3, -0.25) is 24.0 Å². The van der Waals surface area contributed by atoms with E-state index in [2.05, 4.69) is 64.7 Å². The molecule has 23 nitrogen and oxygen atoms in total. The number of H-pyrrole nitrogens is 4. The SMILES string of the molecule is C.[C-]#[N+]c1c(C(C)(C)C)[nH]n2c(=O)cc(OCC)nc12.[C-]#[N+]c1c[nH]n2c(=O)c(C3=Nc4ccccc4CC3=O)c(C)nc12.[C-]#[N+]c1c[nH]n2c(=O)c(CCC)c(C)nc12.[C-]#[N+]c1c[nH]n2c(=O)cc(C)nc12. The molecule has 0 amide bonds. The first-order valence-corrected chi connectivity index (χ1v) is 22.2. The van der Waals surface area contributed by atoms with Gasteiger partial charge in [-0.05, 0) is 51.2 Å². The van der Waals surface area contributed by atoms with E-state index in [1.54, 1.807) is 13.8 Å². The number of Topliss-reactive ketones (excluding diaryl/α,β-unsaturated/α-hetero) is 1. The average molecular weight is 984 g/mol. The van der Waals surface area contributed by atoms with E-state index in [1.807, 2.05) is 65.8 Å². The number of rotatable bonds is 5. The van der Waals surface area contributed by atoms with Crippen molar-refractivity contribution in [2.24, 2.45) is 4.99 Å². The van der Waals surface area contributed by atoms with Gasteiger partial charge in [0.1, 0.15) is 5.71 Å². The van der Waals surface area contributed by atoms with Crippen LogP contribution in [0, 0.1) is 47.1 Å². The molecule has 0 radical (unpaired) electrons. The maximum atomic E-state index is 12.8. The summed E-state index contributed by atoms with van der Waals surface area (Å²) in [5, 5.41) is 11.1. The van der Waals surface area contributed by atoms with Crippen LogP contribution in [0.5, 0.6) is 5.88 Å². The number of aromatic amines is 4. The van der Waals surface area contributed by atoms with Gasteiger partial charge in [0.15, 0.2) is 28.4 Å². The van der Waals surface area contributed by atoms with Crippen molar-refractivity contribution < 1.29 is 9.53 Å². The molecule has 0 fully saturated rings. The fraction of sp³-hybridized carbons (Fsp3) is 0.280.